The summed E-state index contributed by atoms with van der Waals surface area (Å²) < 4.78 is 0. The topological polar surface area (TPSA) is 82.2 Å². The standard InChI is InChI=1S/C13H21N5O2/c1-9(2)11-14-12(16-15-11)13(20)17(3)8-10(19)18-6-4-5-7-18/h9H,4-8H2,1-3H3,(H,14,15,16). The van der Waals surface area contributed by atoms with Gasteiger partial charge in [0.25, 0.3) is 5.91 Å². The smallest absolute Gasteiger partial charge is 0.293 e. The van der Waals surface area contributed by atoms with Crippen LogP contribution in [0.1, 0.15) is 49.1 Å². The number of H-pyrrole nitrogens is 1. The van der Waals surface area contributed by atoms with Gasteiger partial charge in [0.05, 0.1) is 6.54 Å². The Morgan fingerprint density at radius 1 is 1.35 bits per heavy atom. The van der Waals surface area contributed by atoms with Crippen molar-refractivity contribution in [2.75, 3.05) is 26.7 Å². The number of carbonyl (C=O) groups excluding carboxylic acids is 2. The van der Waals surface area contributed by atoms with Crippen molar-refractivity contribution in [1.82, 2.24) is 25.0 Å². The molecular formula is C13H21N5O2. The van der Waals surface area contributed by atoms with E-state index >= 15 is 0 Å². The Hall–Kier alpha value is -1.92. The number of likely N-dealkylation sites (tertiary alicyclic amines) is 1. The summed E-state index contributed by atoms with van der Waals surface area (Å²) in [4.78, 5) is 31.4. The number of aromatic nitrogens is 3. The Balaban J connectivity index is 1.95. The summed E-state index contributed by atoms with van der Waals surface area (Å²) in [5.41, 5.74) is 0. The zero-order valence-corrected chi connectivity index (χ0v) is 12.2. The van der Waals surface area contributed by atoms with Crippen molar-refractivity contribution in [3.63, 3.8) is 0 Å². The third-order valence-corrected chi connectivity index (χ3v) is 3.42. The van der Waals surface area contributed by atoms with E-state index < -0.39 is 0 Å². The van der Waals surface area contributed by atoms with Crippen LogP contribution >= 0.6 is 0 Å². The van der Waals surface area contributed by atoms with E-state index in [2.05, 4.69) is 15.2 Å². The van der Waals surface area contributed by atoms with Crippen LogP contribution in [0.5, 0.6) is 0 Å². The molecule has 7 heteroatoms. The van der Waals surface area contributed by atoms with Gasteiger partial charge in [-0.25, -0.2) is 4.98 Å². The first kappa shape index (κ1) is 14.5. The van der Waals surface area contributed by atoms with Gasteiger partial charge in [0.15, 0.2) is 0 Å². The number of hydrogen-bond acceptors (Lipinski definition) is 4. The first-order valence-electron chi connectivity index (χ1n) is 6.94. The Morgan fingerprint density at radius 2 is 2.00 bits per heavy atom. The van der Waals surface area contributed by atoms with Gasteiger partial charge in [-0.3, -0.25) is 14.7 Å². The highest BCUT2D eigenvalue weighted by Gasteiger charge is 2.23. The lowest BCUT2D eigenvalue weighted by Crippen LogP contribution is -2.40. The first-order valence-corrected chi connectivity index (χ1v) is 6.94. The van der Waals surface area contributed by atoms with Crippen LogP contribution in [-0.4, -0.2) is 63.5 Å². The Bertz CT molecular complexity index is 491. The van der Waals surface area contributed by atoms with Crippen LogP contribution in [0.15, 0.2) is 0 Å². The molecule has 2 heterocycles. The molecule has 1 aromatic rings. The van der Waals surface area contributed by atoms with Gasteiger partial charge in [-0.05, 0) is 12.8 Å². The number of nitrogens with zero attached hydrogens (tertiary/aromatic N) is 4. The fraction of sp³-hybridized carbons (Fsp3) is 0.692. The van der Waals surface area contributed by atoms with E-state index in [1.807, 2.05) is 13.8 Å². The van der Waals surface area contributed by atoms with E-state index in [1.165, 1.54) is 4.90 Å². The summed E-state index contributed by atoms with van der Waals surface area (Å²) in [6, 6.07) is 0. The number of amides is 2. The van der Waals surface area contributed by atoms with Gasteiger partial charge >= 0.3 is 0 Å². The average Bonchev–Trinajstić information content (AvgIpc) is 3.08. The van der Waals surface area contributed by atoms with E-state index in [0.717, 1.165) is 25.9 Å². The molecule has 2 amide bonds. The maximum absolute atomic E-state index is 12.1. The number of nitrogens with one attached hydrogen (secondary N) is 1. The number of hydrogen-bond donors (Lipinski definition) is 1. The van der Waals surface area contributed by atoms with Crippen LogP contribution in [0.25, 0.3) is 0 Å². The predicted octanol–water partition coefficient (Wildman–Crippen LogP) is 0.622. The summed E-state index contributed by atoms with van der Waals surface area (Å²) in [6.07, 6.45) is 2.09. The minimum absolute atomic E-state index is 0.0158. The molecule has 0 unspecified atom stereocenters. The van der Waals surface area contributed by atoms with Crippen molar-refractivity contribution in [3.8, 4) is 0 Å². The van der Waals surface area contributed by atoms with Crippen LogP contribution in [0.3, 0.4) is 0 Å². The average molecular weight is 279 g/mol. The van der Waals surface area contributed by atoms with Crippen LogP contribution in [-0.2, 0) is 4.79 Å². The molecule has 110 valence electrons. The van der Waals surface area contributed by atoms with Crippen molar-refractivity contribution in [2.45, 2.75) is 32.6 Å². The zero-order valence-electron chi connectivity index (χ0n) is 12.2. The highest BCUT2D eigenvalue weighted by molar-refractivity contribution is 5.93. The molecule has 0 radical (unpaired) electrons. The fourth-order valence-electron chi connectivity index (χ4n) is 2.14. The van der Waals surface area contributed by atoms with Gasteiger partial charge in [-0.15, -0.1) is 5.10 Å². The van der Waals surface area contributed by atoms with Crippen LogP contribution in [0, 0.1) is 0 Å². The maximum atomic E-state index is 12.1. The van der Waals surface area contributed by atoms with Gasteiger partial charge in [0, 0.05) is 26.1 Å². The van der Waals surface area contributed by atoms with E-state index in [0.29, 0.717) is 5.82 Å². The number of carbonyl (C=O) groups is 2. The number of rotatable bonds is 4. The predicted molar refractivity (Wildman–Crippen MR) is 73.2 cm³/mol. The molecule has 0 aliphatic carbocycles. The third kappa shape index (κ3) is 3.15. The summed E-state index contributed by atoms with van der Waals surface area (Å²) in [5, 5.41) is 6.66. The lowest BCUT2D eigenvalue weighted by Gasteiger charge is -2.20. The second-order valence-corrected chi connectivity index (χ2v) is 5.45. The number of likely N-dealkylation sites (N-methyl/N-ethyl adjacent to an activating group) is 1. The molecule has 1 N–H and O–H groups in total. The van der Waals surface area contributed by atoms with Gasteiger partial charge in [-0.2, -0.15) is 0 Å². The number of aromatic amines is 1. The molecule has 2 rings (SSSR count). The lowest BCUT2D eigenvalue weighted by atomic mass is 10.2. The van der Waals surface area contributed by atoms with Crippen LogP contribution in [0.4, 0.5) is 0 Å². The summed E-state index contributed by atoms with van der Waals surface area (Å²) in [5.74, 6) is 0.622. The third-order valence-electron chi connectivity index (χ3n) is 3.42. The fourth-order valence-corrected chi connectivity index (χ4v) is 2.14. The van der Waals surface area contributed by atoms with Crippen molar-refractivity contribution >= 4 is 11.8 Å². The van der Waals surface area contributed by atoms with Gasteiger partial charge in [0.2, 0.25) is 11.7 Å². The first-order chi connectivity index (χ1) is 9.49. The molecule has 1 aliphatic rings. The van der Waals surface area contributed by atoms with Crippen molar-refractivity contribution in [1.29, 1.82) is 0 Å². The monoisotopic (exact) mass is 279 g/mol. The maximum Gasteiger partial charge on any atom is 0.293 e. The van der Waals surface area contributed by atoms with E-state index in [1.54, 1.807) is 11.9 Å². The van der Waals surface area contributed by atoms with Crippen LogP contribution < -0.4 is 0 Å². The molecule has 1 fully saturated rings. The summed E-state index contributed by atoms with van der Waals surface area (Å²) >= 11 is 0. The summed E-state index contributed by atoms with van der Waals surface area (Å²) in [7, 11) is 1.60. The molecular weight excluding hydrogens is 258 g/mol. The second-order valence-electron chi connectivity index (χ2n) is 5.45. The quantitative estimate of drug-likeness (QED) is 0.876. The Kier molecular flexibility index (Phi) is 4.36. The van der Waals surface area contributed by atoms with Gasteiger partial charge in [-0.1, -0.05) is 13.8 Å². The van der Waals surface area contributed by atoms with Crippen molar-refractivity contribution in [3.05, 3.63) is 11.6 Å². The Morgan fingerprint density at radius 3 is 2.55 bits per heavy atom. The highest BCUT2D eigenvalue weighted by atomic mass is 16.2. The van der Waals surface area contributed by atoms with Gasteiger partial charge in [0.1, 0.15) is 5.82 Å². The minimum atomic E-state index is -0.333. The normalized spacial score (nSPS) is 14.9. The molecule has 1 aromatic heterocycles. The van der Waals surface area contributed by atoms with Crippen molar-refractivity contribution in [2.24, 2.45) is 0 Å². The molecule has 0 saturated carbocycles. The largest absolute Gasteiger partial charge is 0.341 e. The van der Waals surface area contributed by atoms with Crippen LogP contribution in [0.2, 0.25) is 0 Å². The molecule has 20 heavy (non-hydrogen) atoms. The van der Waals surface area contributed by atoms with E-state index in [4.69, 9.17) is 0 Å². The zero-order chi connectivity index (χ0) is 14.7. The van der Waals surface area contributed by atoms with E-state index in [9.17, 15) is 9.59 Å². The minimum Gasteiger partial charge on any atom is -0.341 e. The SMILES string of the molecule is CC(C)c1nc(C(=O)N(C)CC(=O)N2CCCC2)n[nH]1. The van der Waals surface area contributed by atoms with E-state index in [-0.39, 0.29) is 30.1 Å². The molecule has 0 aromatic carbocycles. The Labute approximate surface area is 118 Å². The molecule has 7 nitrogen and oxygen atoms in total. The molecule has 0 bridgehead atoms. The second kappa shape index (κ2) is 6.02. The molecule has 1 saturated heterocycles. The molecule has 1 aliphatic heterocycles. The molecule has 0 atom stereocenters. The lowest BCUT2D eigenvalue weighted by molar-refractivity contribution is -0.130. The highest BCUT2D eigenvalue weighted by Crippen LogP contribution is 2.10. The molecule has 0 spiro atoms. The van der Waals surface area contributed by atoms with Gasteiger partial charge < -0.3 is 9.80 Å². The summed E-state index contributed by atoms with van der Waals surface area (Å²) in [6.45, 7) is 5.59. The van der Waals surface area contributed by atoms with Crippen molar-refractivity contribution < 1.29 is 9.59 Å².